The number of fused-ring (bicyclic) bond motifs is 1. The number of rotatable bonds is 8. The lowest BCUT2D eigenvalue weighted by Crippen LogP contribution is -1.95. The second-order valence-electron chi connectivity index (χ2n) is 8.37. The Balaban J connectivity index is 1.59. The monoisotopic (exact) mass is 448 g/mol. The Hall–Kier alpha value is -3.27. The zero-order valence-corrected chi connectivity index (χ0v) is 18.9. The van der Waals surface area contributed by atoms with Crippen LogP contribution in [-0.4, -0.2) is 7.11 Å². The van der Waals surface area contributed by atoms with Crippen molar-refractivity contribution in [3.05, 3.63) is 89.7 Å². The van der Waals surface area contributed by atoms with E-state index in [-0.39, 0.29) is 11.1 Å². The molecular formula is C29H27F3O. The van der Waals surface area contributed by atoms with Crippen molar-refractivity contribution in [1.82, 2.24) is 0 Å². The number of hydrogen-bond acceptors (Lipinski definition) is 1. The molecule has 4 aromatic carbocycles. The molecule has 0 aromatic heterocycles. The topological polar surface area (TPSA) is 9.23 Å². The Kier molecular flexibility index (Phi) is 7.02. The van der Waals surface area contributed by atoms with Crippen molar-refractivity contribution in [3.63, 3.8) is 0 Å². The molecule has 0 radical (unpaired) electrons. The summed E-state index contributed by atoms with van der Waals surface area (Å²) < 4.78 is 47.8. The number of benzene rings is 4. The predicted octanol–water partition coefficient (Wildman–Crippen LogP) is 8.72. The van der Waals surface area contributed by atoms with Crippen LogP contribution in [0.5, 0.6) is 5.75 Å². The number of aryl methyl sites for hydroxylation is 1. The summed E-state index contributed by atoms with van der Waals surface area (Å²) in [6, 6.07) is 19.4. The van der Waals surface area contributed by atoms with Gasteiger partial charge in [-0.2, -0.15) is 0 Å². The van der Waals surface area contributed by atoms with Crippen LogP contribution in [-0.2, 0) is 6.42 Å². The normalized spacial score (nSPS) is 11.2. The molecule has 1 nitrogen and oxygen atoms in total. The van der Waals surface area contributed by atoms with Crippen molar-refractivity contribution < 1.29 is 17.9 Å². The highest BCUT2D eigenvalue weighted by molar-refractivity contribution is 5.88. The van der Waals surface area contributed by atoms with Gasteiger partial charge in [-0.25, -0.2) is 13.2 Å². The molecule has 0 unspecified atom stereocenters. The van der Waals surface area contributed by atoms with Gasteiger partial charge in [0.2, 0.25) is 0 Å². The Labute approximate surface area is 192 Å². The summed E-state index contributed by atoms with van der Waals surface area (Å²) in [5.41, 5.74) is 3.18. The van der Waals surface area contributed by atoms with Crippen LogP contribution in [0.3, 0.4) is 0 Å². The fourth-order valence-corrected chi connectivity index (χ4v) is 4.23. The fraction of sp³-hybridized carbons (Fsp3) is 0.241. The second kappa shape index (κ2) is 10.1. The van der Waals surface area contributed by atoms with Crippen molar-refractivity contribution in [3.8, 4) is 28.0 Å². The van der Waals surface area contributed by atoms with Gasteiger partial charge >= 0.3 is 0 Å². The van der Waals surface area contributed by atoms with Crippen LogP contribution in [0, 0.1) is 17.5 Å². The van der Waals surface area contributed by atoms with Gasteiger partial charge in [0.1, 0.15) is 5.82 Å². The van der Waals surface area contributed by atoms with E-state index >= 15 is 0 Å². The highest BCUT2D eigenvalue weighted by Gasteiger charge is 2.15. The summed E-state index contributed by atoms with van der Waals surface area (Å²) in [4.78, 5) is 0. The Bertz CT molecular complexity index is 1260. The van der Waals surface area contributed by atoms with Gasteiger partial charge in [-0.3, -0.25) is 0 Å². The van der Waals surface area contributed by atoms with Crippen LogP contribution in [0.2, 0.25) is 0 Å². The van der Waals surface area contributed by atoms with Crippen LogP contribution < -0.4 is 4.74 Å². The van der Waals surface area contributed by atoms with E-state index in [9.17, 15) is 13.2 Å². The van der Waals surface area contributed by atoms with E-state index < -0.39 is 23.2 Å². The van der Waals surface area contributed by atoms with Gasteiger partial charge < -0.3 is 4.74 Å². The summed E-state index contributed by atoms with van der Waals surface area (Å²) in [5.74, 6) is -2.75. The molecule has 0 saturated carbocycles. The maximum Gasteiger partial charge on any atom is 0.190 e. The zero-order chi connectivity index (χ0) is 23.4. The summed E-state index contributed by atoms with van der Waals surface area (Å²) in [5, 5.41) is 2.25. The number of halogens is 3. The first kappa shape index (κ1) is 22.9. The van der Waals surface area contributed by atoms with Gasteiger partial charge in [-0.05, 0) is 70.1 Å². The van der Waals surface area contributed by atoms with Crippen LogP contribution in [0.4, 0.5) is 13.2 Å². The van der Waals surface area contributed by atoms with Crippen molar-refractivity contribution in [2.45, 2.75) is 39.0 Å². The van der Waals surface area contributed by atoms with E-state index in [1.165, 1.54) is 44.4 Å². The van der Waals surface area contributed by atoms with E-state index in [1.807, 2.05) is 12.1 Å². The molecule has 0 atom stereocenters. The minimum absolute atomic E-state index is 0.125. The summed E-state index contributed by atoms with van der Waals surface area (Å²) in [6.45, 7) is 2.21. The minimum Gasteiger partial charge on any atom is -0.491 e. The number of ether oxygens (including phenoxy) is 1. The summed E-state index contributed by atoms with van der Waals surface area (Å²) in [7, 11) is 1.19. The van der Waals surface area contributed by atoms with Crippen molar-refractivity contribution in [2.75, 3.05) is 7.11 Å². The van der Waals surface area contributed by atoms with E-state index in [0.717, 1.165) is 34.9 Å². The van der Waals surface area contributed by atoms with Crippen LogP contribution in [0.15, 0.2) is 66.7 Å². The summed E-state index contributed by atoms with van der Waals surface area (Å²) in [6.07, 6.45) is 6.04. The van der Waals surface area contributed by atoms with Crippen LogP contribution in [0.25, 0.3) is 33.0 Å². The molecule has 0 heterocycles. The summed E-state index contributed by atoms with van der Waals surface area (Å²) >= 11 is 0. The first-order chi connectivity index (χ1) is 16.0. The van der Waals surface area contributed by atoms with E-state index in [2.05, 4.69) is 31.2 Å². The third-order valence-electron chi connectivity index (χ3n) is 6.04. The molecule has 0 saturated heterocycles. The lowest BCUT2D eigenvalue weighted by atomic mass is 9.96. The highest BCUT2D eigenvalue weighted by Crippen LogP contribution is 2.33. The molecule has 0 aliphatic heterocycles. The average Bonchev–Trinajstić information content (AvgIpc) is 2.81. The van der Waals surface area contributed by atoms with Crippen LogP contribution in [0.1, 0.15) is 38.2 Å². The quantitative estimate of drug-likeness (QED) is 0.245. The third-order valence-corrected chi connectivity index (χ3v) is 6.04. The lowest BCUT2D eigenvalue weighted by molar-refractivity contribution is 0.360. The van der Waals surface area contributed by atoms with Crippen molar-refractivity contribution >= 4 is 10.8 Å². The molecule has 0 fully saturated rings. The lowest BCUT2D eigenvalue weighted by Gasteiger charge is -2.10. The molecule has 4 heteroatoms. The van der Waals surface area contributed by atoms with E-state index in [4.69, 9.17) is 4.74 Å². The second-order valence-corrected chi connectivity index (χ2v) is 8.37. The Morgan fingerprint density at radius 2 is 1.27 bits per heavy atom. The first-order valence-electron chi connectivity index (χ1n) is 11.4. The van der Waals surface area contributed by atoms with E-state index in [1.54, 1.807) is 12.1 Å². The molecule has 4 rings (SSSR count). The fourth-order valence-electron chi connectivity index (χ4n) is 4.23. The molecule has 0 amide bonds. The van der Waals surface area contributed by atoms with Gasteiger partial charge in [0, 0.05) is 5.56 Å². The van der Waals surface area contributed by atoms with Gasteiger partial charge in [0.15, 0.2) is 17.4 Å². The zero-order valence-electron chi connectivity index (χ0n) is 18.9. The Morgan fingerprint density at radius 1 is 0.636 bits per heavy atom. The number of unbranched alkanes of at least 4 members (excludes halogenated alkanes) is 3. The Morgan fingerprint density at radius 3 is 1.97 bits per heavy atom. The maximum atomic E-state index is 14.9. The largest absolute Gasteiger partial charge is 0.491 e. The van der Waals surface area contributed by atoms with Gasteiger partial charge in [0.25, 0.3) is 0 Å². The van der Waals surface area contributed by atoms with E-state index in [0.29, 0.717) is 5.56 Å². The molecule has 0 aliphatic rings. The first-order valence-corrected chi connectivity index (χ1v) is 11.4. The molecule has 170 valence electrons. The van der Waals surface area contributed by atoms with Crippen molar-refractivity contribution in [2.24, 2.45) is 0 Å². The molecule has 0 N–H and O–H groups in total. The average molecular weight is 449 g/mol. The number of methoxy groups -OCH3 is 1. The van der Waals surface area contributed by atoms with Gasteiger partial charge in [-0.1, -0.05) is 68.7 Å². The van der Waals surface area contributed by atoms with Crippen molar-refractivity contribution in [1.29, 1.82) is 0 Å². The van der Waals surface area contributed by atoms with Gasteiger partial charge in [-0.15, -0.1) is 0 Å². The SMILES string of the molecule is CCCCCCc1ccc2cc(-c3ccc(-c4cc(F)c(OC)c(F)c4)c(F)c3)ccc2c1. The highest BCUT2D eigenvalue weighted by atomic mass is 19.1. The predicted molar refractivity (Wildman–Crippen MR) is 129 cm³/mol. The molecule has 33 heavy (non-hydrogen) atoms. The molecular weight excluding hydrogens is 421 g/mol. The molecule has 4 aromatic rings. The molecule has 0 aliphatic carbocycles. The standard InChI is InChI=1S/C29H27F3O/c1-3-4-5-6-7-19-8-9-21-15-22(11-10-20(21)14-19)23-12-13-25(26(30)16-23)24-17-27(31)29(33-2)28(32)18-24/h8-18H,3-7H2,1-2H3. The molecule has 0 bridgehead atoms. The maximum absolute atomic E-state index is 14.9. The van der Waals surface area contributed by atoms with Gasteiger partial charge in [0.05, 0.1) is 7.11 Å². The number of hydrogen-bond donors (Lipinski definition) is 0. The minimum atomic E-state index is -0.866. The third kappa shape index (κ3) is 5.05. The smallest absolute Gasteiger partial charge is 0.190 e. The molecule has 0 spiro atoms. The van der Waals surface area contributed by atoms with Crippen LogP contribution >= 0.6 is 0 Å².